The third kappa shape index (κ3) is 9.93. The molecule has 0 radical (unpaired) electrons. The number of Topliss-reactive ketones (excluding diaryl/α,β-unsaturated/α-hetero) is 1. The molecule has 3 rings (SSSR count). The van der Waals surface area contributed by atoms with E-state index in [-0.39, 0.29) is 37.0 Å². The van der Waals surface area contributed by atoms with E-state index in [9.17, 15) is 19.2 Å². The number of rotatable bonds is 6. The van der Waals surface area contributed by atoms with Crippen molar-refractivity contribution in [1.82, 2.24) is 14.7 Å². The second kappa shape index (κ2) is 13.6. The minimum absolute atomic E-state index is 0.0145. The minimum atomic E-state index is -0.726. The highest BCUT2D eigenvalue weighted by Gasteiger charge is 2.41. The Morgan fingerprint density at radius 3 is 2.05 bits per heavy atom. The van der Waals surface area contributed by atoms with Crippen LogP contribution in [0.3, 0.4) is 0 Å². The molecule has 10 heteroatoms. The van der Waals surface area contributed by atoms with Crippen LogP contribution in [0.15, 0.2) is 30.3 Å². The van der Waals surface area contributed by atoms with Crippen molar-refractivity contribution in [2.75, 3.05) is 26.7 Å². The van der Waals surface area contributed by atoms with Gasteiger partial charge in [-0.25, -0.2) is 14.4 Å². The van der Waals surface area contributed by atoms with Crippen LogP contribution in [0.1, 0.15) is 79.2 Å². The van der Waals surface area contributed by atoms with Gasteiger partial charge >= 0.3 is 18.3 Å². The number of piperidine rings is 2. The average Bonchev–Trinajstić information content (AvgIpc) is 2.90. The molecule has 2 saturated heterocycles. The van der Waals surface area contributed by atoms with Gasteiger partial charge in [-0.2, -0.15) is 0 Å². The predicted octanol–water partition coefficient (Wildman–Crippen LogP) is 5.63. The number of ether oxygens (including phenoxy) is 3. The van der Waals surface area contributed by atoms with Crippen molar-refractivity contribution in [2.45, 2.75) is 104 Å². The molecule has 0 spiro atoms. The average molecular weight is 574 g/mol. The summed E-state index contributed by atoms with van der Waals surface area (Å²) in [5, 5.41) is 0. The minimum Gasteiger partial charge on any atom is -0.445 e. The lowest BCUT2D eigenvalue weighted by molar-refractivity contribution is -0.127. The van der Waals surface area contributed by atoms with E-state index in [4.69, 9.17) is 14.2 Å². The summed E-state index contributed by atoms with van der Waals surface area (Å²) in [6.07, 6.45) is 1.33. The van der Waals surface area contributed by atoms with Crippen LogP contribution >= 0.6 is 0 Å². The van der Waals surface area contributed by atoms with Crippen molar-refractivity contribution in [1.29, 1.82) is 0 Å². The van der Waals surface area contributed by atoms with E-state index in [0.717, 1.165) is 5.56 Å². The second-order valence-corrected chi connectivity index (χ2v) is 13.1. The Morgan fingerprint density at radius 1 is 0.854 bits per heavy atom. The quantitative estimate of drug-likeness (QED) is 0.406. The van der Waals surface area contributed by atoms with Crippen molar-refractivity contribution in [3.05, 3.63) is 35.9 Å². The lowest BCUT2D eigenvalue weighted by Crippen LogP contribution is -2.57. The van der Waals surface area contributed by atoms with Gasteiger partial charge < -0.3 is 24.0 Å². The molecule has 41 heavy (non-hydrogen) atoms. The Hall–Kier alpha value is -3.30. The number of hydrogen-bond donors (Lipinski definition) is 0. The van der Waals surface area contributed by atoms with E-state index in [1.54, 1.807) is 53.5 Å². The zero-order chi connectivity index (χ0) is 30.4. The zero-order valence-electron chi connectivity index (χ0n) is 25.7. The number of hydrogen-bond acceptors (Lipinski definition) is 7. The van der Waals surface area contributed by atoms with Crippen LogP contribution in [0.5, 0.6) is 0 Å². The maximum Gasteiger partial charge on any atom is 0.410 e. The lowest BCUT2D eigenvalue weighted by Gasteiger charge is -2.42. The van der Waals surface area contributed by atoms with Gasteiger partial charge in [-0.1, -0.05) is 30.3 Å². The van der Waals surface area contributed by atoms with Gasteiger partial charge in [-0.05, 0) is 78.7 Å². The SMILES string of the molecule is CN(C(=O)OC(C)(C)C)[C@@H]1CC[C@@H](C(=O)CC2CCN(C(=O)OCc3ccccc3)CC2)N(C(=O)OC(C)(C)C)C1. The predicted molar refractivity (Wildman–Crippen MR) is 154 cm³/mol. The van der Waals surface area contributed by atoms with E-state index in [0.29, 0.717) is 45.2 Å². The Kier molecular flexibility index (Phi) is 10.7. The van der Waals surface area contributed by atoms with Gasteiger partial charge in [0, 0.05) is 33.1 Å². The van der Waals surface area contributed by atoms with Crippen LogP contribution in [-0.2, 0) is 25.6 Å². The summed E-state index contributed by atoms with van der Waals surface area (Å²) in [6, 6.07) is 8.62. The van der Waals surface area contributed by atoms with Crippen molar-refractivity contribution in [3.8, 4) is 0 Å². The van der Waals surface area contributed by atoms with Crippen molar-refractivity contribution in [2.24, 2.45) is 5.92 Å². The smallest absolute Gasteiger partial charge is 0.410 e. The fourth-order valence-corrected chi connectivity index (χ4v) is 5.16. The molecule has 2 aliphatic heterocycles. The Bertz CT molecular complexity index is 1060. The van der Waals surface area contributed by atoms with Gasteiger partial charge in [0.2, 0.25) is 0 Å². The summed E-state index contributed by atoms with van der Waals surface area (Å²) in [5.41, 5.74) is -0.434. The van der Waals surface area contributed by atoms with Gasteiger partial charge in [-0.15, -0.1) is 0 Å². The van der Waals surface area contributed by atoms with Crippen LogP contribution in [0.25, 0.3) is 0 Å². The standard InChI is InChI=1S/C31H47N3O7/c1-30(2,3)40-27(36)32(7)24-13-14-25(34(20-24)29(38)41-31(4,5)6)26(35)19-22-15-17-33(18-16-22)28(37)39-21-23-11-9-8-10-12-23/h8-12,22,24-25H,13-21H2,1-7H3/t24-,25+/m1/s1. The van der Waals surface area contributed by atoms with Crippen molar-refractivity contribution in [3.63, 3.8) is 0 Å². The van der Waals surface area contributed by atoms with Crippen LogP contribution < -0.4 is 0 Å². The Labute approximate surface area is 244 Å². The van der Waals surface area contributed by atoms with Crippen molar-refractivity contribution < 1.29 is 33.4 Å². The normalized spacial score (nSPS) is 20.3. The lowest BCUT2D eigenvalue weighted by atomic mass is 9.86. The fraction of sp³-hybridized carbons (Fsp3) is 0.677. The molecule has 3 amide bonds. The molecule has 2 aliphatic rings. The maximum absolute atomic E-state index is 13.6. The van der Waals surface area contributed by atoms with E-state index in [1.165, 1.54) is 9.80 Å². The van der Waals surface area contributed by atoms with E-state index in [1.807, 2.05) is 30.3 Å². The number of carbonyl (C=O) groups excluding carboxylic acids is 4. The molecular formula is C31H47N3O7. The first-order valence-electron chi connectivity index (χ1n) is 14.6. The topological polar surface area (TPSA) is 106 Å². The number of ketones is 1. The highest BCUT2D eigenvalue weighted by Crippen LogP contribution is 2.29. The zero-order valence-corrected chi connectivity index (χ0v) is 25.7. The van der Waals surface area contributed by atoms with Gasteiger partial charge in [0.25, 0.3) is 0 Å². The molecule has 10 nitrogen and oxygen atoms in total. The summed E-state index contributed by atoms with van der Waals surface area (Å²) < 4.78 is 16.6. The summed E-state index contributed by atoms with van der Waals surface area (Å²) in [7, 11) is 1.66. The summed E-state index contributed by atoms with van der Waals surface area (Å²) >= 11 is 0. The fourth-order valence-electron chi connectivity index (χ4n) is 5.16. The number of likely N-dealkylation sites (N-methyl/N-ethyl adjacent to an activating group) is 1. The number of benzene rings is 1. The molecule has 0 aliphatic carbocycles. The van der Waals surface area contributed by atoms with Crippen LogP contribution in [0.2, 0.25) is 0 Å². The summed E-state index contributed by atoms with van der Waals surface area (Å²) in [4.78, 5) is 56.7. The van der Waals surface area contributed by atoms with Crippen molar-refractivity contribution >= 4 is 24.1 Å². The second-order valence-electron chi connectivity index (χ2n) is 13.1. The van der Waals surface area contributed by atoms with Crippen LogP contribution in [0.4, 0.5) is 14.4 Å². The molecule has 0 aromatic heterocycles. The molecule has 0 N–H and O–H groups in total. The molecule has 1 aromatic rings. The molecule has 228 valence electrons. The highest BCUT2D eigenvalue weighted by molar-refractivity contribution is 5.88. The first-order chi connectivity index (χ1) is 19.1. The summed E-state index contributed by atoms with van der Waals surface area (Å²) in [6.45, 7) is 12.2. The molecular weight excluding hydrogens is 526 g/mol. The number of amides is 3. The van der Waals surface area contributed by atoms with Gasteiger partial charge in [-0.3, -0.25) is 9.69 Å². The van der Waals surface area contributed by atoms with Gasteiger partial charge in [0.05, 0.1) is 12.1 Å². The number of carbonyl (C=O) groups is 4. The number of nitrogens with zero attached hydrogens (tertiary/aromatic N) is 3. The summed E-state index contributed by atoms with van der Waals surface area (Å²) in [5.74, 6) is 0.0997. The highest BCUT2D eigenvalue weighted by atomic mass is 16.6. The molecule has 1 aromatic carbocycles. The van der Waals surface area contributed by atoms with E-state index >= 15 is 0 Å². The third-order valence-corrected chi connectivity index (χ3v) is 7.35. The number of likely N-dealkylation sites (tertiary alicyclic amines) is 2. The monoisotopic (exact) mass is 573 g/mol. The molecule has 2 heterocycles. The first-order valence-corrected chi connectivity index (χ1v) is 14.6. The van der Waals surface area contributed by atoms with Gasteiger partial charge in [0.15, 0.2) is 5.78 Å². The molecule has 2 fully saturated rings. The largest absolute Gasteiger partial charge is 0.445 e. The van der Waals surface area contributed by atoms with Gasteiger partial charge in [0.1, 0.15) is 17.8 Å². The van der Waals surface area contributed by atoms with Crippen LogP contribution in [-0.4, -0.2) is 88.7 Å². The Balaban J connectivity index is 1.57. The molecule has 0 saturated carbocycles. The van der Waals surface area contributed by atoms with E-state index in [2.05, 4.69) is 0 Å². The maximum atomic E-state index is 13.6. The molecule has 0 bridgehead atoms. The molecule has 2 atom stereocenters. The van der Waals surface area contributed by atoms with Crippen LogP contribution in [0, 0.1) is 5.92 Å². The first kappa shape index (κ1) is 32.2. The molecule has 0 unspecified atom stereocenters. The Morgan fingerprint density at radius 2 is 1.46 bits per heavy atom. The van der Waals surface area contributed by atoms with E-state index < -0.39 is 29.4 Å². The third-order valence-electron chi connectivity index (χ3n) is 7.35.